The molecule has 2 N–H and O–H groups in total. The molecule has 0 radical (unpaired) electrons. The Hall–Kier alpha value is -1.35. The van der Waals surface area contributed by atoms with Gasteiger partial charge in [-0.05, 0) is 24.6 Å². The van der Waals surface area contributed by atoms with Crippen molar-refractivity contribution in [3.63, 3.8) is 0 Å². The first-order chi connectivity index (χ1) is 6.24. The van der Waals surface area contributed by atoms with E-state index in [0.29, 0.717) is 18.8 Å². The Kier molecular flexibility index (Phi) is 3.46. The highest BCUT2D eigenvalue weighted by Crippen LogP contribution is 2.05. The molecule has 0 saturated carbocycles. The second-order valence-corrected chi connectivity index (χ2v) is 2.70. The minimum absolute atomic E-state index is 0.404. The Labute approximate surface area is 77.5 Å². The van der Waals surface area contributed by atoms with E-state index >= 15 is 0 Å². The SMILES string of the molecule is CCOCc1cccc(C(N)=O)c1. The van der Waals surface area contributed by atoms with Crippen LogP contribution in [0.4, 0.5) is 0 Å². The topological polar surface area (TPSA) is 52.3 Å². The Morgan fingerprint density at radius 3 is 2.92 bits per heavy atom. The van der Waals surface area contributed by atoms with Crippen molar-refractivity contribution in [1.29, 1.82) is 0 Å². The molecule has 0 aliphatic carbocycles. The van der Waals surface area contributed by atoms with Gasteiger partial charge in [0.15, 0.2) is 0 Å². The fourth-order valence-corrected chi connectivity index (χ4v) is 1.03. The minimum Gasteiger partial charge on any atom is -0.377 e. The predicted molar refractivity (Wildman–Crippen MR) is 50.3 cm³/mol. The maximum Gasteiger partial charge on any atom is 0.248 e. The van der Waals surface area contributed by atoms with E-state index in [1.807, 2.05) is 13.0 Å². The molecule has 0 saturated heterocycles. The van der Waals surface area contributed by atoms with Gasteiger partial charge in [-0.2, -0.15) is 0 Å². The molecule has 0 atom stereocenters. The zero-order valence-corrected chi connectivity index (χ0v) is 7.62. The van der Waals surface area contributed by atoms with Crippen LogP contribution in [0.3, 0.4) is 0 Å². The molecule has 1 rings (SSSR count). The molecule has 0 aliphatic rings. The number of carbonyl (C=O) groups is 1. The van der Waals surface area contributed by atoms with Crippen molar-refractivity contribution < 1.29 is 9.53 Å². The van der Waals surface area contributed by atoms with Gasteiger partial charge in [0.1, 0.15) is 0 Å². The Morgan fingerprint density at radius 1 is 1.54 bits per heavy atom. The highest BCUT2D eigenvalue weighted by atomic mass is 16.5. The average molecular weight is 179 g/mol. The normalized spacial score (nSPS) is 9.92. The molecular formula is C10H13NO2. The van der Waals surface area contributed by atoms with Gasteiger partial charge in [-0.3, -0.25) is 4.79 Å². The van der Waals surface area contributed by atoms with Crippen molar-refractivity contribution >= 4 is 5.91 Å². The molecule has 13 heavy (non-hydrogen) atoms. The number of ether oxygens (including phenoxy) is 1. The summed E-state index contributed by atoms with van der Waals surface area (Å²) in [7, 11) is 0. The first-order valence-corrected chi connectivity index (χ1v) is 4.20. The van der Waals surface area contributed by atoms with E-state index in [0.717, 1.165) is 5.56 Å². The maximum atomic E-state index is 10.8. The second-order valence-electron chi connectivity index (χ2n) is 2.70. The molecule has 1 amide bonds. The number of hydrogen-bond acceptors (Lipinski definition) is 2. The summed E-state index contributed by atoms with van der Waals surface area (Å²) in [5.74, 6) is -0.404. The lowest BCUT2D eigenvalue weighted by molar-refractivity contribution is 0.0999. The van der Waals surface area contributed by atoms with Crippen LogP contribution in [0.25, 0.3) is 0 Å². The van der Waals surface area contributed by atoms with Crippen molar-refractivity contribution in [3.8, 4) is 0 Å². The summed E-state index contributed by atoms with van der Waals surface area (Å²) in [6.45, 7) is 3.12. The molecule has 0 aliphatic heterocycles. The van der Waals surface area contributed by atoms with Crippen LogP contribution in [-0.4, -0.2) is 12.5 Å². The number of hydrogen-bond donors (Lipinski definition) is 1. The third-order valence-electron chi connectivity index (χ3n) is 1.68. The lowest BCUT2D eigenvalue weighted by Crippen LogP contribution is -2.11. The molecule has 0 spiro atoms. The molecule has 0 fully saturated rings. The lowest BCUT2D eigenvalue weighted by Gasteiger charge is -2.02. The maximum absolute atomic E-state index is 10.8. The van der Waals surface area contributed by atoms with Crippen LogP contribution in [0.15, 0.2) is 24.3 Å². The van der Waals surface area contributed by atoms with Crippen molar-refractivity contribution in [2.24, 2.45) is 5.73 Å². The minimum atomic E-state index is -0.404. The molecule has 0 aromatic heterocycles. The van der Waals surface area contributed by atoms with Crippen molar-refractivity contribution in [1.82, 2.24) is 0 Å². The zero-order chi connectivity index (χ0) is 9.68. The lowest BCUT2D eigenvalue weighted by atomic mass is 10.1. The predicted octanol–water partition coefficient (Wildman–Crippen LogP) is 1.32. The largest absolute Gasteiger partial charge is 0.377 e. The molecule has 3 nitrogen and oxygen atoms in total. The summed E-state index contributed by atoms with van der Waals surface area (Å²) in [4.78, 5) is 10.8. The fourth-order valence-electron chi connectivity index (χ4n) is 1.03. The smallest absolute Gasteiger partial charge is 0.248 e. The zero-order valence-electron chi connectivity index (χ0n) is 7.62. The third-order valence-corrected chi connectivity index (χ3v) is 1.68. The van der Waals surface area contributed by atoms with Crippen LogP contribution < -0.4 is 5.73 Å². The van der Waals surface area contributed by atoms with Crippen LogP contribution in [0, 0.1) is 0 Å². The van der Waals surface area contributed by atoms with E-state index in [1.165, 1.54) is 0 Å². The van der Waals surface area contributed by atoms with E-state index in [4.69, 9.17) is 10.5 Å². The van der Waals surface area contributed by atoms with Gasteiger partial charge in [-0.25, -0.2) is 0 Å². The molecule has 0 heterocycles. The summed E-state index contributed by atoms with van der Waals surface area (Å²) in [6.07, 6.45) is 0. The van der Waals surface area contributed by atoms with Gasteiger partial charge in [0.05, 0.1) is 6.61 Å². The van der Waals surface area contributed by atoms with Gasteiger partial charge in [-0.1, -0.05) is 12.1 Å². The van der Waals surface area contributed by atoms with E-state index in [-0.39, 0.29) is 0 Å². The van der Waals surface area contributed by atoms with Crippen LogP contribution in [0.5, 0.6) is 0 Å². The van der Waals surface area contributed by atoms with E-state index < -0.39 is 5.91 Å². The van der Waals surface area contributed by atoms with Gasteiger partial charge in [0.25, 0.3) is 0 Å². The van der Waals surface area contributed by atoms with Crippen molar-refractivity contribution in [2.45, 2.75) is 13.5 Å². The summed E-state index contributed by atoms with van der Waals surface area (Å²) in [6, 6.07) is 7.15. The monoisotopic (exact) mass is 179 g/mol. The van der Waals surface area contributed by atoms with Gasteiger partial charge >= 0.3 is 0 Å². The number of amides is 1. The fraction of sp³-hybridized carbons (Fsp3) is 0.300. The molecule has 1 aromatic rings. The Morgan fingerprint density at radius 2 is 2.31 bits per heavy atom. The Bertz CT molecular complexity index is 297. The van der Waals surface area contributed by atoms with Gasteiger partial charge in [0.2, 0.25) is 5.91 Å². The molecule has 1 aromatic carbocycles. The molecule has 0 unspecified atom stereocenters. The van der Waals surface area contributed by atoms with Crippen LogP contribution in [0.1, 0.15) is 22.8 Å². The van der Waals surface area contributed by atoms with E-state index in [1.54, 1.807) is 18.2 Å². The van der Waals surface area contributed by atoms with Crippen LogP contribution in [-0.2, 0) is 11.3 Å². The van der Waals surface area contributed by atoms with Crippen molar-refractivity contribution in [2.75, 3.05) is 6.61 Å². The van der Waals surface area contributed by atoms with Crippen molar-refractivity contribution in [3.05, 3.63) is 35.4 Å². The van der Waals surface area contributed by atoms with Gasteiger partial charge in [-0.15, -0.1) is 0 Å². The highest BCUT2D eigenvalue weighted by Gasteiger charge is 2.00. The quantitative estimate of drug-likeness (QED) is 0.757. The molecular weight excluding hydrogens is 166 g/mol. The number of carbonyl (C=O) groups excluding carboxylic acids is 1. The summed E-state index contributed by atoms with van der Waals surface area (Å²) >= 11 is 0. The van der Waals surface area contributed by atoms with E-state index in [2.05, 4.69) is 0 Å². The van der Waals surface area contributed by atoms with Crippen LogP contribution >= 0.6 is 0 Å². The highest BCUT2D eigenvalue weighted by molar-refractivity contribution is 5.92. The first kappa shape index (κ1) is 9.74. The Balaban J connectivity index is 2.73. The van der Waals surface area contributed by atoms with Gasteiger partial charge in [0, 0.05) is 12.2 Å². The third kappa shape index (κ3) is 2.87. The number of benzene rings is 1. The summed E-state index contributed by atoms with van der Waals surface area (Å²) < 4.78 is 5.20. The summed E-state index contributed by atoms with van der Waals surface area (Å²) in [5, 5.41) is 0. The van der Waals surface area contributed by atoms with Crippen LogP contribution in [0.2, 0.25) is 0 Å². The standard InChI is InChI=1S/C10H13NO2/c1-2-13-7-8-4-3-5-9(6-8)10(11)12/h3-6H,2,7H2,1H3,(H2,11,12). The summed E-state index contributed by atoms with van der Waals surface area (Å²) in [5.41, 5.74) is 6.63. The second kappa shape index (κ2) is 4.62. The molecule has 0 bridgehead atoms. The number of primary amides is 1. The van der Waals surface area contributed by atoms with Gasteiger partial charge < -0.3 is 10.5 Å². The van der Waals surface area contributed by atoms with E-state index in [9.17, 15) is 4.79 Å². The number of nitrogens with two attached hydrogens (primary N) is 1. The molecule has 3 heteroatoms. The average Bonchev–Trinajstić information content (AvgIpc) is 2.15. The number of rotatable bonds is 4. The first-order valence-electron chi connectivity index (χ1n) is 4.20. The molecule has 70 valence electrons.